The molecule has 5 nitrogen and oxygen atoms in total. The molecule has 0 radical (unpaired) electrons. The molecular weight excluding hydrogens is 416 g/mol. The second-order valence-corrected chi connectivity index (χ2v) is 9.25. The third-order valence-corrected chi connectivity index (χ3v) is 7.12. The number of nitrogens with one attached hydrogen (secondary N) is 1. The van der Waals surface area contributed by atoms with Crippen LogP contribution in [0.2, 0.25) is 0 Å². The molecule has 1 N–H and O–H groups in total. The Bertz CT molecular complexity index is 1120. The Morgan fingerprint density at radius 1 is 1.12 bits per heavy atom. The Hall–Kier alpha value is -2.70. The van der Waals surface area contributed by atoms with Crippen LogP contribution in [0, 0.1) is 20.8 Å². The Morgan fingerprint density at radius 3 is 2.66 bits per heavy atom. The van der Waals surface area contributed by atoms with Crippen molar-refractivity contribution in [3.05, 3.63) is 82.9 Å². The molecule has 166 valence electrons. The van der Waals surface area contributed by atoms with Crippen molar-refractivity contribution in [2.75, 3.05) is 13.2 Å². The summed E-state index contributed by atoms with van der Waals surface area (Å²) >= 11 is 5.85. The number of nitrogens with zero attached hydrogens (tertiary/aromatic N) is 3. The van der Waals surface area contributed by atoms with Crippen molar-refractivity contribution in [3.63, 3.8) is 0 Å². The molecule has 0 aliphatic carbocycles. The molecule has 6 heteroatoms. The van der Waals surface area contributed by atoms with Crippen molar-refractivity contribution >= 4 is 17.3 Å². The first kappa shape index (κ1) is 21.2. The molecule has 2 aromatic heterocycles. The predicted molar refractivity (Wildman–Crippen MR) is 131 cm³/mol. The van der Waals surface area contributed by atoms with Gasteiger partial charge in [-0.1, -0.05) is 24.3 Å². The van der Waals surface area contributed by atoms with E-state index in [0.29, 0.717) is 0 Å². The number of benzene rings is 1. The zero-order valence-electron chi connectivity index (χ0n) is 18.9. The molecule has 0 unspecified atom stereocenters. The van der Waals surface area contributed by atoms with Gasteiger partial charge in [0.1, 0.15) is 0 Å². The van der Waals surface area contributed by atoms with E-state index in [-0.39, 0.29) is 18.2 Å². The van der Waals surface area contributed by atoms with Gasteiger partial charge in [0.2, 0.25) is 0 Å². The van der Waals surface area contributed by atoms with Gasteiger partial charge in [-0.05, 0) is 81.2 Å². The van der Waals surface area contributed by atoms with Crippen LogP contribution in [0.25, 0.3) is 5.69 Å². The third kappa shape index (κ3) is 3.71. The fourth-order valence-corrected chi connectivity index (χ4v) is 5.54. The molecule has 2 aliphatic heterocycles. The van der Waals surface area contributed by atoms with E-state index in [1.807, 2.05) is 18.3 Å². The first-order valence-electron chi connectivity index (χ1n) is 11.4. The van der Waals surface area contributed by atoms with Crippen LogP contribution in [-0.4, -0.2) is 38.8 Å². The van der Waals surface area contributed by atoms with Crippen molar-refractivity contribution in [1.82, 2.24) is 19.8 Å². The molecule has 0 bridgehead atoms. The Morgan fingerprint density at radius 2 is 1.94 bits per heavy atom. The number of aryl methyl sites for hydroxylation is 2. The highest BCUT2D eigenvalue weighted by molar-refractivity contribution is 7.80. The topological polar surface area (TPSA) is 42.3 Å². The highest BCUT2D eigenvalue weighted by Gasteiger charge is 2.42. The maximum absolute atomic E-state index is 5.98. The van der Waals surface area contributed by atoms with E-state index in [1.54, 1.807) is 0 Å². The van der Waals surface area contributed by atoms with Crippen LogP contribution >= 0.6 is 12.2 Å². The maximum Gasteiger partial charge on any atom is 0.170 e. The van der Waals surface area contributed by atoms with Gasteiger partial charge in [-0.25, -0.2) is 0 Å². The summed E-state index contributed by atoms with van der Waals surface area (Å²) in [5.41, 5.74) is 7.25. The van der Waals surface area contributed by atoms with Gasteiger partial charge < -0.3 is 19.5 Å². The molecule has 2 fully saturated rings. The van der Waals surface area contributed by atoms with Gasteiger partial charge in [-0.2, -0.15) is 0 Å². The summed E-state index contributed by atoms with van der Waals surface area (Å²) in [6, 6.07) is 17.0. The van der Waals surface area contributed by atoms with Crippen LogP contribution in [0.5, 0.6) is 0 Å². The summed E-state index contributed by atoms with van der Waals surface area (Å²) in [7, 11) is 0. The van der Waals surface area contributed by atoms with Gasteiger partial charge in [0, 0.05) is 36.4 Å². The van der Waals surface area contributed by atoms with Gasteiger partial charge in [0.05, 0.1) is 23.9 Å². The summed E-state index contributed by atoms with van der Waals surface area (Å²) in [5.74, 6) is 0. The van der Waals surface area contributed by atoms with Crippen LogP contribution in [0.4, 0.5) is 0 Å². The first-order chi connectivity index (χ1) is 15.5. The number of aromatic nitrogens is 2. The van der Waals surface area contributed by atoms with Crippen molar-refractivity contribution < 1.29 is 4.74 Å². The first-order valence-corrected chi connectivity index (χ1v) is 11.8. The summed E-state index contributed by atoms with van der Waals surface area (Å²) in [6.45, 7) is 8.21. The van der Waals surface area contributed by atoms with Gasteiger partial charge in [-0.15, -0.1) is 0 Å². The van der Waals surface area contributed by atoms with E-state index in [2.05, 4.69) is 76.9 Å². The molecule has 32 heavy (non-hydrogen) atoms. The van der Waals surface area contributed by atoms with Gasteiger partial charge >= 0.3 is 0 Å². The van der Waals surface area contributed by atoms with Crippen molar-refractivity contribution in [2.24, 2.45) is 0 Å². The van der Waals surface area contributed by atoms with Crippen LogP contribution in [0.1, 0.15) is 53.1 Å². The Balaban J connectivity index is 1.60. The monoisotopic (exact) mass is 446 g/mol. The van der Waals surface area contributed by atoms with E-state index in [9.17, 15) is 0 Å². The van der Waals surface area contributed by atoms with Crippen LogP contribution in [-0.2, 0) is 4.74 Å². The summed E-state index contributed by atoms with van der Waals surface area (Å²) in [5, 5.41) is 4.36. The molecule has 4 heterocycles. The lowest BCUT2D eigenvalue weighted by Gasteiger charge is -2.30. The maximum atomic E-state index is 5.98. The molecule has 2 saturated heterocycles. The van der Waals surface area contributed by atoms with Crippen LogP contribution < -0.4 is 5.32 Å². The van der Waals surface area contributed by atoms with E-state index >= 15 is 0 Å². The molecule has 3 atom stereocenters. The average molecular weight is 447 g/mol. The summed E-state index contributed by atoms with van der Waals surface area (Å²) in [4.78, 5) is 7.01. The van der Waals surface area contributed by atoms with Crippen molar-refractivity contribution in [2.45, 2.75) is 51.8 Å². The van der Waals surface area contributed by atoms with E-state index < -0.39 is 0 Å². The minimum absolute atomic E-state index is 0.00377. The summed E-state index contributed by atoms with van der Waals surface area (Å²) in [6.07, 6.45) is 4.28. The number of hydrogen-bond donors (Lipinski definition) is 1. The summed E-state index contributed by atoms with van der Waals surface area (Å²) < 4.78 is 8.35. The average Bonchev–Trinajstić information content (AvgIpc) is 3.49. The standard InChI is InChI=1S/C26H30N4OS/c1-17-9-4-5-12-23(17)30-18(2)15-21(19(30)3)25-24(22-11-6-7-13-27-22)28-26(32)29(25)16-20-10-8-14-31-20/h4-7,9,11-13,15,20,24-25H,8,10,14,16H2,1-3H3,(H,28,32)/t20-,24-,25-/m1/s1. The van der Waals surface area contributed by atoms with Gasteiger partial charge in [0.25, 0.3) is 0 Å². The lowest BCUT2D eigenvalue weighted by atomic mass is 9.96. The van der Waals surface area contributed by atoms with E-state index in [0.717, 1.165) is 36.8 Å². The number of thiocarbonyl (C=S) groups is 1. The van der Waals surface area contributed by atoms with Crippen molar-refractivity contribution in [3.8, 4) is 5.69 Å². The fraction of sp³-hybridized carbons (Fsp3) is 0.385. The highest BCUT2D eigenvalue weighted by Crippen LogP contribution is 2.42. The third-order valence-electron chi connectivity index (χ3n) is 6.77. The SMILES string of the molecule is Cc1ccccc1-n1c(C)cc([C@@H]2[C@@H](c3ccccn3)NC(=S)N2C[C@H]2CCCO2)c1C. The Kier molecular flexibility index (Phi) is 5.74. The Labute approximate surface area is 195 Å². The molecule has 3 aromatic rings. The molecule has 1 aromatic carbocycles. The second kappa shape index (κ2) is 8.68. The molecule has 0 saturated carbocycles. The lowest BCUT2D eigenvalue weighted by molar-refractivity contribution is 0.0842. The second-order valence-electron chi connectivity index (χ2n) is 8.86. The van der Waals surface area contributed by atoms with Crippen molar-refractivity contribution in [1.29, 1.82) is 0 Å². The van der Waals surface area contributed by atoms with Crippen LogP contribution in [0.3, 0.4) is 0 Å². The number of rotatable bonds is 5. The normalized spacial score (nSPS) is 23.0. The number of para-hydroxylation sites is 1. The lowest BCUT2D eigenvalue weighted by Crippen LogP contribution is -2.36. The van der Waals surface area contributed by atoms with Crippen LogP contribution in [0.15, 0.2) is 54.7 Å². The van der Waals surface area contributed by atoms with Gasteiger partial charge in [0.15, 0.2) is 5.11 Å². The number of hydrogen-bond acceptors (Lipinski definition) is 3. The zero-order chi connectivity index (χ0) is 22.2. The molecule has 0 amide bonds. The smallest absolute Gasteiger partial charge is 0.170 e. The number of ether oxygens (including phenoxy) is 1. The molecule has 5 rings (SSSR count). The fourth-order valence-electron chi connectivity index (χ4n) is 5.22. The minimum Gasteiger partial charge on any atom is -0.376 e. The number of pyridine rings is 1. The van der Waals surface area contributed by atoms with E-state index in [1.165, 1.54) is 28.2 Å². The van der Waals surface area contributed by atoms with Gasteiger partial charge in [-0.3, -0.25) is 4.98 Å². The molecular formula is C26H30N4OS. The molecule has 0 spiro atoms. The molecule has 2 aliphatic rings. The zero-order valence-corrected chi connectivity index (χ0v) is 19.7. The quantitative estimate of drug-likeness (QED) is 0.562. The largest absolute Gasteiger partial charge is 0.376 e. The highest BCUT2D eigenvalue weighted by atomic mass is 32.1. The predicted octanol–water partition coefficient (Wildman–Crippen LogP) is 4.95. The minimum atomic E-state index is -0.00377. The van der Waals surface area contributed by atoms with E-state index in [4.69, 9.17) is 17.0 Å².